The molecule has 0 aliphatic rings. The summed E-state index contributed by atoms with van der Waals surface area (Å²) in [5, 5.41) is -0.175. The first-order valence-corrected chi connectivity index (χ1v) is 5.99. The third kappa shape index (κ3) is 2.62. The Kier molecular flexibility index (Phi) is 3.70. The van der Waals surface area contributed by atoms with Crippen LogP contribution in [0.2, 0.25) is 0 Å². The van der Waals surface area contributed by atoms with E-state index in [1.807, 2.05) is 42.5 Å². The van der Waals surface area contributed by atoms with Crippen LogP contribution in [0, 0.1) is 6.92 Å². The van der Waals surface area contributed by atoms with Crippen molar-refractivity contribution < 1.29 is 4.74 Å². The third-order valence-corrected chi connectivity index (χ3v) is 3.24. The summed E-state index contributed by atoms with van der Waals surface area (Å²) >= 11 is 6.51. The van der Waals surface area contributed by atoms with E-state index in [4.69, 9.17) is 16.3 Å². The monoisotopic (exact) mass is 246 g/mol. The van der Waals surface area contributed by atoms with E-state index in [9.17, 15) is 0 Å². The van der Waals surface area contributed by atoms with Gasteiger partial charge in [0.2, 0.25) is 0 Å². The molecule has 0 saturated carbocycles. The Morgan fingerprint density at radius 3 is 2.41 bits per heavy atom. The quantitative estimate of drug-likeness (QED) is 0.733. The predicted octanol–water partition coefficient (Wildman–Crippen LogP) is 4.33. The number of hydrogen-bond acceptors (Lipinski definition) is 1. The summed E-state index contributed by atoms with van der Waals surface area (Å²) in [4.78, 5) is 0. The summed E-state index contributed by atoms with van der Waals surface area (Å²) < 4.78 is 5.36. The van der Waals surface area contributed by atoms with Crippen LogP contribution in [0.15, 0.2) is 48.5 Å². The molecule has 0 N–H and O–H groups in total. The molecule has 1 nitrogen and oxygen atoms in total. The van der Waals surface area contributed by atoms with Gasteiger partial charge >= 0.3 is 0 Å². The molecule has 0 spiro atoms. The highest BCUT2D eigenvalue weighted by Crippen LogP contribution is 2.35. The van der Waals surface area contributed by atoms with Crippen molar-refractivity contribution in [3.63, 3.8) is 0 Å². The van der Waals surface area contributed by atoms with Gasteiger partial charge in [0.15, 0.2) is 0 Å². The topological polar surface area (TPSA) is 9.23 Å². The maximum absolute atomic E-state index is 6.51. The van der Waals surface area contributed by atoms with Crippen LogP contribution >= 0.6 is 11.6 Å². The summed E-state index contributed by atoms with van der Waals surface area (Å²) in [5.41, 5.74) is 3.28. The van der Waals surface area contributed by atoms with Gasteiger partial charge in [0.25, 0.3) is 0 Å². The zero-order valence-electron chi connectivity index (χ0n) is 9.98. The first kappa shape index (κ1) is 12.0. The molecule has 0 aliphatic carbocycles. The molecule has 0 saturated heterocycles. The van der Waals surface area contributed by atoms with Gasteiger partial charge in [-0.25, -0.2) is 0 Å². The maximum Gasteiger partial charge on any atom is 0.123 e. The number of rotatable bonds is 3. The van der Waals surface area contributed by atoms with Gasteiger partial charge in [-0.2, -0.15) is 0 Å². The van der Waals surface area contributed by atoms with Crippen molar-refractivity contribution in [2.45, 2.75) is 12.3 Å². The number of hydrogen-bond donors (Lipinski definition) is 0. The van der Waals surface area contributed by atoms with Gasteiger partial charge in [-0.05, 0) is 18.6 Å². The van der Waals surface area contributed by atoms with Crippen molar-refractivity contribution in [3.05, 3.63) is 65.2 Å². The smallest absolute Gasteiger partial charge is 0.123 e. The fourth-order valence-electron chi connectivity index (χ4n) is 1.85. The van der Waals surface area contributed by atoms with E-state index in [1.54, 1.807) is 7.11 Å². The summed E-state index contributed by atoms with van der Waals surface area (Å²) in [7, 11) is 1.67. The van der Waals surface area contributed by atoms with Crippen LogP contribution in [0.4, 0.5) is 0 Å². The second kappa shape index (κ2) is 5.24. The number of methoxy groups -OCH3 is 1. The van der Waals surface area contributed by atoms with E-state index >= 15 is 0 Å². The molecule has 2 heteroatoms. The zero-order chi connectivity index (χ0) is 12.3. The highest BCUT2D eigenvalue weighted by molar-refractivity contribution is 6.22. The summed E-state index contributed by atoms with van der Waals surface area (Å²) in [6.45, 7) is 2.05. The molecular weight excluding hydrogens is 232 g/mol. The maximum atomic E-state index is 6.51. The lowest BCUT2D eigenvalue weighted by atomic mass is 10.0. The Morgan fingerprint density at radius 2 is 1.76 bits per heavy atom. The molecule has 0 radical (unpaired) electrons. The lowest BCUT2D eigenvalue weighted by Crippen LogP contribution is -1.97. The van der Waals surface area contributed by atoms with E-state index < -0.39 is 0 Å². The molecule has 88 valence electrons. The average molecular weight is 247 g/mol. The predicted molar refractivity (Wildman–Crippen MR) is 71.9 cm³/mol. The summed E-state index contributed by atoms with van der Waals surface area (Å²) in [5.74, 6) is 0.833. The van der Waals surface area contributed by atoms with Gasteiger partial charge in [0.05, 0.1) is 12.5 Å². The van der Waals surface area contributed by atoms with Crippen LogP contribution in [0.25, 0.3) is 0 Å². The van der Waals surface area contributed by atoms with E-state index in [1.165, 1.54) is 5.56 Å². The van der Waals surface area contributed by atoms with E-state index in [0.29, 0.717) is 0 Å². The number of aryl methyl sites for hydroxylation is 1. The van der Waals surface area contributed by atoms with Crippen molar-refractivity contribution in [1.29, 1.82) is 0 Å². The van der Waals surface area contributed by atoms with Gasteiger partial charge in [-0.3, -0.25) is 0 Å². The molecule has 0 aromatic heterocycles. The summed E-state index contributed by atoms with van der Waals surface area (Å²) in [6, 6.07) is 16.1. The Labute approximate surface area is 107 Å². The van der Waals surface area contributed by atoms with Crippen molar-refractivity contribution in [3.8, 4) is 5.75 Å². The first-order valence-electron chi connectivity index (χ1n) is 5.56. The minimum Gasteiger partial charge on any atom is -0.496 e. The molecule has 2 aromatic carbocycles. The fourth-order valence-corrected chi connectivity index (χ4v) is 2.17. The van der Waals surface area contributed by atoms with E-state index in [0.717, 1.165) is 16.9 Å². The zero-order valence-corrected chi connectivity index (χ0v) is 10.7. The highest BCUT2D eigenvalue weighted by atomic mass is 35.5. The van der Waals surface area contributed by atoms with Crippen molar-refractivity contribution in [1.82, 2.24) is 0 Å². The molecule has 2 rings (SSSR count). The molecule has 1 atom stereocenters. The molecule has 2 aromatic rings. The second-order valence-corrected chi connectivity index (χ2v) is 4.46. The number of alkyl halides is 1. The van der Waals surface area contributed by atoms with Crippen LogP contribution in [-0.4, -0.2) is 7.11 Å². The first-order chi connectivity index (χ1) is 8.22. The molecular formula is C15H15ClO. The van der Waals surface area contributed by atoms with Crippen molar-refractivity contribution in [2.75, 3.05) is 7.11 Å². The molecule has 0 bridgehead atoms. The minimum absolute atomic E-state index is 0.175. The third-order valence-electron chi connectivity index (χ3n) is 2.75. The van der Waals surface area contributed by atoms with Gasteiger partial charge in [0, 0.05) is 5.56 Å². The lowest BCUT2D eigenvalue weighted by molar-refractivity contribution is 0.410. The normalized spacial score (nSPS) is 12.2. The number of ether oxygens (including phenoxy) is 1. The number of halogens is 1. The summed E-state index contributed by atoms with van der Waals surface area (Å²) in [6.07, 6.45) is 0. The fraction of sp³-hybridized carbons (Fsp3) is 0.200. The Balaban J connectivity index is 2.43. The minimum atomic E-state index is -0.175. The van der Waals surface area contributed by atoms with Gasteiger partial charge in [0.1, 0.15) is 5.75 Å². The van der Waals surface area contributed by atoms with E-state index in [-0.39, 0.29) is 5.38 Å². The number of benzene rings is 2. The molecule has 17 heavy (non-hydrogen) atoms. The van der Waals surface area contributed by atoms with E-state index in [2.05, 4.69) is 13.0 Å². The Morgan fingerprint density at radius 1 is 1.06 bits per heavy atom. The largest absolute Gasteiger partial charge is 0.496 e. The van der Waals surface area contributed by atoms with Crippen LogP contribution in [0.3, 0.4) is 0 Å². The lowest BCUT2D eigenvalue weighted by Gasteiger charge is -2.15. The standard InChI is InChI=1S/C15H15ClO/c1-11-8-9-14(17-2)13(10-11)15(16)12-6-4-3-5-7-12/h3-10,15H,1-2H3. The van der Waals surface area contributed by atoms with Crippen LogP contribution in [-0.2, 0) is 0 Å². The Bertz CT molecular complexity index is 494. The molecule has 0 aliphatic heterocycles. The highest BCUT2D eigenvalue weighted by Gasteiger charge is 2.15. The molecule has 1 unspecified atom stereocenters. The average Bonchev–Trinajstić information content (AvgIpc) is 2.39. The molecule has 0 fully saturated rings. The van der Waals surface area contributed by atoms with Gasteiger partial charge in [-0.15, -0.1) is 11.6 Å². The molecule has 0 heterocycles. The Hall–Kier alpha value is -1.47. The van der Waals surface area contributed by atoms with Gasteiger partial charge in [-0.1, -0.05) is 48.0 Å². The SMILES string of the molecule is COc1ccc(C)cc1C(Cl)c1ccccc1. The van der Waals surface area contributed by atoms with Gasteiger partial charge < -0.3 is 4.74 Å². The molecule has 0 amide bonds. The van der Waals surface area contributed by atoms with Crippen LogP contribution in [0.1, 0.15) is 22.1 Å². The van der Waals surface area contributed by atoms with Crippen LogP contribution in [0.5, 0.6) is 5.75 Å². The van der Waals surface area contributed by atoms with Crippen molar-refractivity contribution in [2.24, 2.45) is 0 Å². The van der Waals surface area contributed by atoms with Crippen molar-refractivity contribution >= 4 is 11.6 Å². The second-order valence-electron chi connectivity index (χ2n) is 4.02. The van der Waals surface area contributed by atoms with Crippen LogP contribution < -0.4 is 4.74 Å².